The lowest BCUT2D eigenvalue weighted by molar-refractivity contribution is -0.891. The second-order valence-electron chi connectivity index (χ2n) is 8.95. The summed E-state index contributed by atoms with van der Waals surface area (Å²) in [5.41, 5.74) is 0. The predicted molar refractivity (Wildman–Crippen MR) is 118 cm³/mol. The van der Waals surface area contributed by atoms with Gasteiger partial charge in [-0.05, 0) is 19.3 Å². The SMILES string of the molecule is CCCCCCCCCCCCCCCC[N+](C)(C)CCOCCCC. The van der Waals surface area contributed by atoms with Crippen molar-refractivity contribution in [3.63, 3.8) is 0 Å². The summed E-state index contributed by atoms with van der Waals surface area (Å²) < 4.78 is 6.83. The van der Waals surface area contributed by atoms with Crippen LogP contribution >= 0.6 is 0 Å². The Labute approximate surface area is 166 Å². The van der Waals surface area contributed by atoms with Crippen molar-refractivity contribution < 1.29 is 9.22 Å². The summed E-state index contributed by atoms with van der Waals surface area (Å²) in [5.74, 6) is 0. The molecule has 0 amide bonds. The van der Waals surface area contributed by atoms with Crippen molar-refractivity contribution in [2.24, 2.45) is 0 Å². The Bertz CT molecular complexity index is 265. The van der Waals surface area contributed by atoms with Crippen LogP contribution in [0.2, 0.25) is 0 Å². The third kappa shape index (κ3) is 20.2. The largest absolute Gasteiger partial charge is 0.376 e. The summed E-state index contributed by atoms with van der Waals surface area (Å²) in [7, 11) is 4.71. The molecule has 0 rings (SSSR count). The first-order valence-corrected chi connectivity index (χ1v) is 12.0. The van der Waals surface area contributed by atoms with E-state index in [2.05, 4.69) is 27.9 Å². The van der Waals surface area contributed by atoms with E-state index in [4.69, 9.17) is 4.74 Å². The highest BCUT2D eigenvalue weighted by Crippen LogP contribution is 2.13. The van der Waals surface area contributed by atoms with Gasteiger partial charge in [-0.2, -0.15) is 0 Å². The van der Waals surface area contributed by atoms with Crippen molar-refractivity contribution in [2.75, 3.05) is 40.4 Å². The minimum Gasteiger partial charge on any atom is -0.376 e. The van der Waals surface area contributed by atoms with Crippen LogP contribution in [0.25, 0.3) is 0 Å². The second-order valence-corrected chi connectivity index (χ2v) is 8.95. The first-order valence-electron chi connectivity index (χ1n) is 12.0. The van der Waals surface area contributed by atoms with Crippen molar-refractivity contribution in [1.29, 1.82) is 0 Å². The van der Waals surface area contributed by atoms with Crippen LogP contribution in [0.1, 0.15) is 117 Å². The third-order valence-corrected chi connectivity index (χ3v) is 5.60. The van der Waals surface area contributed by atoms with Gasteiger partial charge < -0.3 is 9.22 Å². The molecule has 0 atom stereocenters. The highest BCUT2D eigenvalue weighted by Gasteiger charge is 2.13. The molecular weight excluding hydrogens is 318 g/mol. The zero-order valence-corrected chi connectivity index (χ0v) is 19.0. The molecular formula is C24H52NO+. The highest BCUT2D eigenvalue weighted by atomic mass is 16.5. The van der Waals surface area contributed by atoms with Crippen LogP contribution in [-0.4, -0.2) is 44.9 Å². The molecule has 0 fully saturated rings. The van der Waals surface area contributed by atoms with Gasteiger partial charge in [0, 0.05) is 6.61 Å². The molecule has 0 radical (unpaired) electrons. The quantitative estimate of drug-likeness (QED) is 0.151. The number of hydrogen-bond acceptors (Lipinski definition) is 1. The van der Waals surface area contributed by atoms with Crippen LogP contribution in [0.5, 0.6) is 0 Å². The molecule has 0 aromatic heterocycles. The first kappa shape index (κ1) is 25.9. The fourth-order valence-electron chi connectivity index (χ4n) is 3.51. The molecule has 158 valence electrons. The topological polar surface area (TPSA) is 9.23 Å². The predicted octanol–water partition coefficient (Wildman–Crippen LogP) is 7.36. The summed E-state index contributed by atoms with van der Waals surface area (Å²) in [5, 5.41) is 0. The molecule has 0 spiro atoms. The normalized spacial score (nSPS) is 12.0. The van der Waals surface area contributed by atoms with Crippen molar-refractivity contribution in [1.82, 2.24) is 0 Å². The standard InChI is InChI=1S/C24H52NO/c1-5-7-9-10-11-12-13-14-15-16-17-18-19-20-21-25(3,4)22-24-26-23-8-6-2/h5-24H2,1-4H3/q+1. The number of quaternary nitrogens is 1. The monoisotopic (exact) mass is 370 g/mol. The van der Waals surface area contributed by atoms with Crippen LogP contribution in [0.3, 0.4) is 0 Å². The summed E-state index contributed by atoms with van der Waals surface area (Å²) >= 11 is 0. The number of nitrogens with zero attached hydrogens (tertiary/aromatic N) is 1. The fraction of sp³-hybridized carbons (Fsp3) is 1.00. The Morgan fingerprint density at radius 1 is 0.462 bits per heavy atom. The molecule has 0 saturated heterocycles. The molecule has 0 aromatic carbocycles. The number of rotatable bonds is 21. The summed E-state index contributed by atoms with van der Waals surface area (Å²) in [6.45, 7) is 8.84. The van der Waals surface area contributed by atoms with Crippen molar-refractivity contribution in [3.8, 4) is 0 Å². The molecule has 0 saturated carbocycles. The van der Waals surface area contributed by atoms with E-state index in [-0.39, 0.29) is 0 Å². The molecule has 0 aliphatic carbocycles. The lowest BCUT2D eigenvalue weighted by atomic mass is 10.0. The third-order valence-electron chi connectivity index (χ3n) is 5.60. The maximum Gasteiger partial charge on any atom is 0.102 e. The number of unbranched alkanes of at least 4 members (excludes halogenated alkanes) is 14. The van der Waals surface area contributed by atoms with E-state index >= 15 is 0 Å². The Morgan fingerprint density at radius 2 is 0.885 bits per heavy atom. The van der Waals surface area contributed by atoms with Gasteiger partial charge in [0.2, 0.25) is 0 Å². The second kappa shape index (κ2) is 19.7. The van der Waals surface area contributed by atoms with Crippen LogP contribution < -0.4 is 0 Å². The zero-order valence-electron chi connectivity index (χ0n) is 19.0. The van der Waals surface area contributed by atoms with E-state index in [0.717, 1.165) is 24.2 Å². The van der Waals surface area contributed by atoms with Crippen LogP contribution in [-0.2, 0) is 4.74 Å². The van der Waals surface area contributed by atoms with Gasteiger partial charge in [-0.1, -0.05) is 97.3 Å². The summed E-state index contributed by atoms with van der Waals surface area (Å²) in [6, 6.07) is 0. The van der Waals surface area contributed by atoms with E-state index < -0.39 is 0 Å². The van der Waals surface area contributed by atoms with E-state index in [9.17, 15) is 0 Å². The average molecular weight is 371 g/mol. The smallest absolute Gasteiger partial charge is 0.102 e. The number of ether oxygens (including phenoxy) is 1. The van der Waals surface area contributed by atoms with Gasteiger partial charge in [0.05, 0.1) is 27.2 Å². The lowest BCUT2D eigenvalue weighted by Gasteiger charge is -2.29. The molecule has 0 aliphatic heterocycles. The van der Waals surface area contributed by atoms with Gasteiger partial charge in [0.15, 0.2) is 0 Å². The molecule has 0 aliphatic rings. The number of likely N-dealkylation sites (N-methyl/N-ethyl adjacent to an activating group) is 1. The summed E-state index contributed by atoms with van der Waals surface area (Å²) in [4.78, 5) is 0. The van der Waals surface area contributed by atoms with Gasteiger partial charge >= 0.3 is 0 Å². The Hall–Kier alpha value is -0.0800. The van der Waals surface area contributed by atoms with Crippen LogP contribution in [0.15, 0.2) is 0 Å². The molecule has 0 N–H and O–H groups in total. The average Bonchev–Trinajstić information content (AvgIpc) is 2.61. The lowest BCUT2D eigenvalue weighted by Crippen LogP contribution is -2.43. The van der Waals surface area contributed by atoms with Crippen molar-refractivity contribution in [2.45, 2.75) is 117 Å². The molecule has 0 unspecified atom stereocenters. The first-order chi connectivity index (χ1) is 12.6. The van der Waals surface area contributed by atoms with E-state index in [0.29, 0.717) is 0 Å². The minimum atomic E-state index is 0.922. The van der Waals surface area contributed by atoms with Crippen LogP contribution in [0, 0.1) is 0 Å². The molecule has 2 heteroatoms. The maximum atomic E-state index is 5.72. The maximum absolute atomic E-state index is 5.72. The Balaban J connectivity index is 3.24. The number of hydrogen-bond donors (Lipinski definition) is 0. The van der Waals surface area contributed by atoms with Gasteiger partial charge in [-0.3, -0.25) is 0 Å². The summed E-state index contributed by atoms with van der Waals surface area (Å²) in [6.07, 6.45) is 22.6. The minimum absolute atomic E-state index is 0.922. The molecule has 0 bridgehead atoms. The van der Waals surface area contributed by atoms with Gasteiger partial charge in [0.1, 0.15) is 6.54 Å². The zero-order chi connectivity index (χ0) is 19.3. The van der Waals surface area contributed by atoms with E-state index in [1.807, 2.05) is 0 Å². The molecule has 0 heterocycles. The Kier molecular flexibility index (Phi) is 19.6. The molecule has 2 nitrogen and oxygen atoms in total. The van der Waals surface area contributed by atoms with E-state index in [1.165, 1.54) is 109 Å². The van der Waals surface area contributed by atoms with Gasteiger partial charge in [0.25, 0.3) is 0 Å². The Morgan fingerprint density at radius 3 is 1.35 bits per heavy atom. The van der Waals surface area contributed by atoms with Gasteiger partial charge in [-0.15, -0.1) is 0 Å². The van der Waals surface area contributed by atoms with Crippen molar-refractivity contribution >= 4 is 0 Å². The fourth-order valence-corrected chi connectivity index (χ4v) is 3.51. The van der Waals surface area contributed by atoms with E-state index in [1.54, 1.807) is 0 Å². The van der Waals surface area contributed by atoms with Crippen LogP contribution in [0.4, 0.5) is 0 Å². The highest BCUT2D eigenvalue weighted by molar-refractivity contribution is 4.49. The van der Waals surface area contributed by atoms with Gasteiger partial charge in [-0.25, -0.2) is 0 Å². The molecule has 0 aromatic rings. The molecule has 26 heavy (non-hydrogen) atoms. The van der Waals surface area contributed by atoms with Crippen molar-refractivity contribution in [3.05, 3.63) is 0 Å².